The van der Waals surface area contributed by atoms with E-state index >= 15 is 0 Å². The minimum Gasteiger partial charge on any atom is -0.618 e. The zero-order valence-electron chi connectivity index (χ0n) is 7.14. The van der Waals surface area contributed by atoms with Crippen molar-refractivity contribution < 1.29 is 14.3 Å². The highest BCUT2D eigenvalue weighted by Crippen LogP contribution is 1.94. The van der Waals surface area contributed by atoms with Crippen LogP contribution >= 0.6 is 0 Å². The van der Waals surface area contributed by atoms with Gasteiger partial charge >= 0.3 is 5.97 Å². The van der Waals surface area contributed by atoms with E-state index in [1.807, 2.05) is 0 Å². The average molecular weight is 179 g/mol. The van der Waals surface area contributed by atoms with Gasteiger partial charge in [0.1, 0.15) is 0 Å². The minimum atomic E-state index is -0.483. The molecule has 0 atom stereocenters. The number of methoxy groups -OCH3 is 1. The zero-order chi connectivity index (χ0) is 9.68. The monoisotopic (exact) mass is 179 g/mol. The van der Waals surface area contributed by atoms with Crippen LogP contribution in [-0.2, 0) is 9.53 Å². The molecule has 0 bridgehead atoms. The number of hydrogen-bond donors (Lipinski definition) is 0. The molecule has 1 heterocycles. The fourth-order valence-electron chi connectivity index (χ4n) is 0.792. The molecule has 1 rings (SSSR count). The van der Waals surface area contributed by atoms with Crippen LogP contribution in [0.1, 0.15) is 5.69 Å². The van der Waals surface area contributed by atoms with Crippen LogP contribution in [0.25, 0.3) is 6.08 Å². The number of nitrogens with zero attached hydrogens (tertiary/aromatic N) is 1. The Kier molecular flexibility index (Phi) is 3.03. The number of rotatable bonds is 2. The quantitative estimate of drug-likeness (QED) is 0.287. The molecule has 0 spiro atoms. The molecule has 4 nitrogen and oxygen atoms in total. The standard InChI is InChI=1S/C9H9NO3/c1-13-9(11)6-5-8-4-2-3-7-10(8)12/h2-7H,1H3/b6-5+. The fraction of sp³-hybridized carbons (Fsp3) is 0.111. The molecule has 13 heavy (non-hydrogen) atoms. The largest absolute Gasteiger partial charge is 0.618 e. The first kappa shape index (κ1) is 9.25. The van der Waals surface area contributed by atoms with Crippen molar-refractivity contribution in [3.05, 3.63) is 41.4 Å². The number of ether oxygens (including phenoxy) is 1. The lowest BCUT2D eigenvalue weighted by Crippen LogP contribution is -2.28. The van der Waals surface area contributed by atoms with Crippen LogP contribution in [0.4, 0.5) is 0 Å². The van der Waals surface area contributed by atoms with Gasteiger partial charge in [-0.3, -0.25) is 0 Å². The molecule has 4 heteroatoms. The highest BCUT2D eigenvalue weighted by molar-refractivity contribution is 5.86. The van der Waals surface area contributed by atoms with Gasteiger partial charge in [-0.25, -0.2) is 4.79 Å². The van der Waals surface area contributed by atoms with E-state index in [2.05, 4.69) is 4.74 Å². The molecular formula is C9H9NO3. The van der Waals surface area contributed by atoms with Gasteiger partial charge < -0.3 is 9.94 Å². The number of pyridine rings is 1. The van der Waals surface area contributed by atoms with E-state index in [1.54, 1.807) is 18.2 Å². The first-order chi connectivity index (χ1) is 6.24. The van der Waals surface area contributed by atoms with Crippen molar-refractivity contribution in [1.82, 2.24) is 0 Å². The summed E-state index contributed by atoms with van der Waals surface area (Å²) in [5, 5.41) is 11.0. The van der Waals surface area contributed by atoms with Gasteiger partial charge in [0.05, 0.1) is 7.11 Å². The molecular weight excluding hydrogens is 170 g/mol. The van der Waals surface area contributed by atoms with E-state index in [0.717, 1.165) is 0 Å². The van der Waals surface area contributed by atoms with Gasteiger partial charge in [-0.2, -0.15) is 4.73 Å². The summed E-state index contributed by atoms with van der Waals surface area (Å²) in [7, 11) is 1.28. The van der Waals surface area contributed by atoms with E-state index < -0.39 is 5.97 Å². The molecule has 0 fully saturated rings. The van der Waals surface area contributed by atoms with Crippen molar-refractivity contribution in [3.63, 3.8) is 0 Å². The van der Waals surface area contributed by atoms with E-state index in [1.165, 1.54) is 25.5 Å². The van der Waals surface area contributed by atoms with Gasteiger partial charge in [-0.05, 0) is 6.07 Å². The number of hydrogen-bond acceptors (Lipinski definition) is 3. The predicted octanol–water partition coefficient (Wildman–Crippen LogP) is 0.506. The second kappa shape index (κ2) is 4.25. The first-order valence-electron chi connectivity index (χ1n) is 3.68. The second-order valence-electron chi connectivity index (χ2n) is 2.31. The maximum Gasteiger partial charge on any atom is 0.330 e. The van der Waals surface area contributed by atoms with Crippen LogP contribution in [0.3, 0.4) is 0 Å². The van der Waals surface area contributed by atoms with Gasteiger partial charge in [0.15, 0.2) is 6.20 Å². The normalized spacial score (nSPS) is 10.2. The summed E-state index contributed by atoms with van der Waals surface area (Å²) >= 11 is 0. The van der Waals surface area contributed by atoms with Crippen LogP contribution < -0.4 is 4.73 Å². The van der Waals surface area contributed by atoms with E-state index in [-0.39, 0.29) is 0 Å². The molecule has 0 aromatic carbocycles. The third-order valence-corrected chi connectivity index (χ3v) is 1.45. The van der Waals surface area contributed by atoms with Gasteiger partial charge in [0, 0.05) is 24.3 Å². The Morgan fingerprint density at radius 2 is 2.38 bits per heavy atom. The molecule has 0 saturated carbocycles. The smallest absolute Gasteiger partial charge is 0.330 e. The summed E-state index contributed by atoms with van der Waals surface area (Å²) in [5.74, 6) is -0.483. The van der Waals surface area contributed by atoms with Crippen LogP contribution in [-0.4, -0.2) is 13.1 Å². The molecule has 0 radical (unpaired) electrons. The number of carbonyl (C=O) groups is 1. The van der Waals surface area contributed by atoms with Crippen molar-refractivity contribution in [1.29, 1.82) is 0 Å². The molecule has 0 saturated heterocycles. The summed E-state index contributed by atoms with van der Waals surface area (Å²) in [5.41, 5.74) is 0.396. The summed E-state index contributed by atoms with van der Waals surface area (Å²) in [4.78, 5) is 10.7. The van der Waals surface area contributed by atoms with Gasteiger partial charge in [0.25, 0.3) is 0 Å². The minimum absolute atomic E-state index is 0.396. The summed E-state index contributed by atoms with van der Waals surface area (Å²) in [6, 6.07) is 4.93. The lowest BCUT2D eigenvalue weighted by Gasteiger charge is -1.97. The predicted molar refractivity (Wildman–Crippen MR) is 46.5 cm³/mol. The molecule has 0 amide bonds. The molecule has 0 aliphatic heterocycles. The fourth-order valence-corrected chi connectivity index (χ4v) is 0.792. The van der Waals surface area contributed by atoms with Crippen molar-refractivity contribution in [2.24, 2.45) is 0 Å². The highest BCUT2D eigenvalue weighted by atomic mass is 16.5. The van der Waals surface area contributed by atoms with Crippen LogP contribution in [0, 0.1) is 5.21 Å². The van der Waals surface area contributed by atoms with Crippen molar-refractivity contribution >= 4 is 12.0 Å². The third kappa shape index (κ3) is 2.59. The maximum absolute atomic E-state index is 11.0. The van der Waals surface area contributed by atoms with Crippen LogP contribution in [0.15, 0.2) is 30.5 Å². The lowest BCUT2D eigenvalue weighted by atomic mass is 10.3. The summed E-state index contributed by atoms with van der Waals surface area (Å²) in [6.07, 6.45) is 3.96. The molecule has 0 aliphatic carbocycles. The van der Waals surface area contributed by atoms with E-state index in [0.29, 0.717) is 10.4 Å². The highest BCUT2D eigenvalue weighted by Gasteiger charge is 1.98. The number of aromatic nitrogens is 1. The molecule has 0 N–H and O–H groups in total. The van der Waals surface area contributed by atoms with Gasteiger partial charge in [0.2, 0.25) is 5.69 Å². The Morgan fingerprint density at radius 1 is 1.62 bits per heavy atom. The average Bonchev–Trinajstić information content (AvgIpc) is 2.16. The summed E-state index contributed by atoms with van der Waals surface area (Å²) < 4.78 is 5.04. The van der Waals surface area contributed by atoms with Crippen LogP contribution in [0.5, 0.6) is 0 Å². The SMILES string of the molecule is COC(=O)/C=C/c1cccc[n+]1[O-]. The molecule has 1 aromatic heterocycles. The third-order valence-electron chi connectivity index (χ3n) is 1.45. The Morgan fingerprint density at radius 3 is 3.00 bits per heavy atom. The van der Waals surface area contributed by atoms with Crippen LogP contribution in [0.2, 0.25) is 0 Å². The molecule has 68 valence electrons. The number of esters is 1. The maximum atomic E-state index is 11.0. The first-order valence-corrected chi connectivity index (χ1v) is 3.68. The molecule has 0 unspecified atom stereocenters. The molecule has 1 aromatic rings. The topological polar surface area (TPSA) is 53.2 Å². The summed E-state index contributed by atoms with van der Waals surface area (Å²) in [6.45, 7) is 0. The Labute approximate surface area is 75.7 Å². The Hall–Kier alpha value is -1.84. The number of carbonyl (C=O) groups excluding carboxylic acids is 1. The zero-order valence-corrected chi connectivity index (χ0v) is 7.14. The Balaban J connectivity index is 2.80. The van der Waals surface area contributed by atoms with E-state index in [9.17, 15) is 10.0 Å². The van der Waals surface area contributed by atoms with Gasteiger partial charge in [-0.15, -0.1) is 0 Å². The molecule has 0 aliphatic rings. The van der Waals surface area contributed by atoms with Crippen molar-refractivity contribution in [3.8, 4) is 0 Å². The van der Waals surface area contributed by atoms with Crippen molar-refractivity contribution in [2.45, 2.75) is 0 Å². The Bertz CT molecular complexity index is 333. The van der Waals surface area contributed by atoms with Crippen molar-refractivity contribution in [2.75, 3.05) is 7.11 Å². The van der Waals surface area contributed by atoms with Gasteiger partial charge in [-0.1, -0.05) is 0 Å². The van der Waals surface area contributed by atoms with E-state index in [4.69, 9.17) is 0 Å². The lowest BCUT2D eigenvalue weighted by molar-refractivity contribution is -0.607. The second-order valence-corrected chi connectivity index (χ2v) is 2.31.